The summed E-state index contributed by atoms with van der Waals surface area (Å²) in [5.74, 6) is 0.665. The van der Waals surface area contributed by atoms with Gasteiger partial charge in [-0.15, -0.1) is 0 Å². The number of unbranched alkanes of at least 4 members (excludes halogenated alkanes) is 1. The predicted molar refractivity (Wildman–Crippen MR) is 71.0 cm³/mol. The average Bonchev–Trinajstić information content (AvgIpc) is 2.60. The van der Waals surface area contributed by atoms with Gasteiger partial charge >= 0.3 is 0 Å². The highest BCUT2D eigenvalue weighted by atomic mass is 14.8. The van der Waals surface area contributed by atoms with Gasteiger partial charge in [0.05, 0.1) is 6.04 Å². The third-order valence-electron chi connectivity index (χ3n) is 3.62. The monoisotopic (exact) mass is 217 g/mol. The zero-order chi connectivity index (χ0) is 11.2. The molecule has 0 spiro atoms. The van der Waals surface area contributed by atoms with Crippen LogP contribution in [0.3, 0.4) is 0 Å². The molecule has 0 saturated heterocycles. The lowest BCUT2D eigenvalue weighted by Gasteiger charge is -2.15. The molecular formula is C15H23N. The second kappa shape index (κ2) is 6.03. The highest BCUT2D eigenvalue weighted by Crippen LogP contribution is 2.27. The lowest BCUT2D eigenvalue weighted by atomic mass is 9.94. The van der Waals surface area contributed by atoms with Gasteiger partial charge in [-0.25, -0.2) is 0 Å². The Morgan fingerprint density at radius 1 is 1.31 bits per heavy atom. The maximum Gasteiger partial charge on any atom is 0.0568 e. The van der Waals surface area contributed by atoms with E-state index in [0.29, 0.717) is 12.0 Å². The minimum absolute atomic E-state index is 0.575. The molecule has 2 unspecified atom stereocenters. The molecule has 0 aromatic carbocycles. The quantitative estimate of drug-likeness (QED) is 0.622. The minimum Gasteiger partial charge on any atom is -0.290 e. The summed E-state index contributed by atoms with van der Waals surface area (Å²) < 4.78 is 0. The highest BCUT2D eigenvalue weighted by Gasteiger charge is 2.23. The van der Waals surface area contributed by atoms with Crippen molar-refractivity contribution in [3.8, 4) is 0 Å². The molecule has 1 aliphatic carbocycles. The Bertz CT molecular complexity index is 299. The molecule has 1 aliphatic heterocycles. The highest BCUT2D eigenvalue weighted by molar-refractivity contribution is 5.86. The zero-order valence-electron chi connectivity index (χ0n) is 10.4. The topological polar surface area (TPSA) is 12.4 Å². The van der Waals surface area contributed by atoms with Crippen molar-refractivity contribution in [2.45, 2.75) is 57.9 Å². The van der Waals surface area contributed by atoms with Crippen molar-refractivity contribution in [1.29, 1.82) is 0 Å². The predicted octanol–water partition coefficient (Wildman–Crippen LogP) is 4.30. The molecule has 88 valence electrons. The Balaban J connectivity index is 1.90. The first-order valence-electron chi connectivity index (χ1n) is 6.77. The Kier molecular flexibility index (Phi) is 4.38. The summed E-state index contributed by atoms with van der Waals surface area (Å²) in [6.45, 7) is 2.26. The summed E-state index contributed by atoms with van der Waals surface area (Å²) in [5.41, 5.74) is 1.48. The van der Waals surface area contributed by atoms with E-state index in [4.69, 9.17) is 4.99 Å². The van der Waals surface area contributed by atoms with E-state index in [1.807, 2.05) is 0 Å². The molecule has 0 aromatic heterocycles. The second-order valence-electron chi connectivity index (χ2n) is 4.94. The summed E-state index contributed by atoms with van der Waals surface area (Å²) in [4.78, 5) is 4.92. The number of allylic oxidation sites excluding steroid dienone is 3. The molecule has 0 amide bonds. The van der Waals surface area contributed by atoms with Crippen molar-refractivity contribution in [3.05, 3.63) is 24.3 Å². The van der Waals surface area contributed by atoms with Gasteiger partial charge in [-0.2, -0.15) is 0 Å². The van der Waals surface area contributed by atoms with Crippen molar-refractivity contribution >= 4 is 5.71 Å². The van der Waals surface area contributed by atoms with Crippen molar-refractivity contribution < 1.29 is 0 Å². The lowest BCUT2D eigenvalue weighted by molar-refractivity contribution is 0.507. The molecule has 0 N–H and O–H groups in total. The molecule has 1 nitrogen and oxygen atoms in total. The summed E-state index contributed by atoms with van der Waals surface area (Å²) in [6, 6.07) is 0.575. The molecule has 0 saturated carbocycles. The third-order valence-corrected chi connectivity index (χ3v) is 3.62. The maximum absolute atomic E-state index is 4.92. The van der Waals surface area contributed by atoms with Crippen LogP contribution in [0.15, 0.2) is 29.3 Å². The lowest BCUT2D eigenvalue weighted by Crippen LogP contribution is -2.12. The second-order valence-corrected chi connectivity index (χ2v) is 4.94. The first-order valence-corrected chi connectivity index (χ1v) is 6.77. The van der Waals surface area contributed by atoms with E-state index in [0.717, 1.165) is 6.42 Å². The molecule has 2 aliphatic rings. The Labute approximate surface area is 99.4 Å². The molecule has 0 bridgehead atoms. The Morgan fingerprint density at radius 3 is 3.12 bits per heavy atom. The fourth-order valence-corrected chi connectivity index (χ4v) is 2.60. The van der Waals surface area contributed by atoms with Gasteiger partial charge in [0.25, 0.3) is 0 Å². The van der Waals surface area contributed by atoms with Crippen LogP contribution in [-0.4, -0.2) is 11.8 Å². The van der Waals surface area contributed by atoms with E-state index in [2.05, 4.69) is 31.2 Å². The molecule has 0 radical (unpaired) electrons. The van der Waals surface area contributed by atoms with E-state index in [-0.39, 0.29) is 0 Å². The van der Waals surface area contributed by atoms with Gasteiger partial charge in [0.2, 0.25) is 0 Å². The molecule has 0 fully saturated rings. The minimum atomic E-state index is 0.575. The fraction of sp³-hybridized carbons (Fsp3) is 0.667. The number of aliphatic imine (C=N–C) groups is 1. The smallest absolute Gasteiger partial charge is 0.0568 e. The average molecular weight is 217 g/mol. The van der Waals surface area contributed by atoms with Gasteiger partial charge in [0.1, 0.15) is 0 Å². The number of hydrogen-bond donors (Lipinski definition) is 0. The van der Waals surface area contributed by atoms with Gasteiger partial charge in [-0.05, 0) is 38.5 Å². The third kappa shape index (κ3) is 3.07. The van der Waals surface area contributed by atoms with Gasteiger partial charge in [0, 0.05) is 11.6 Å². The van der Waals surface area contributed by atoms with Crippen molar-refractivity contribution in [2.75, 3.05) is 0 Å². The van der Waals surface area contributed by atoms with Crippen LogP contribution >= 0.6 is 0 Å². The van der Waals surface area contributed by atoms with Crippen molar-refractivity contribution in [2.24, 2.45) is 10.9 Å². The first-order chi connectivity index (χ1) is 7.90. The fourth-order valence-electron chi connectivity index (χ4n) is 2.60. The van der Waals surface area contributed by atoms with Gasteiger partial charge in [0.15, 0.2) is 0 Å². The largest absolute Gasteiger partial charge is 0.290 e. The van der Waals surface area contributed by atoms with Crippen LogP contribution in [0.4, 0.5) is 0 Å². The standard InChI is InChI=1S/C15H23N/c1-2-3-10-14-11-12-15(16-14)13-8-6-4-5-7-9-13/h4,6-7,9,13,15H,2-3,5,8,10-12H2,1H3. The molecule has 1 heterocycles. The van der Waals surface area contributed by atoms with Crippen molar-refractivity contribution in [1.82, 2.24) is 0 Å². The molecule has 0 aromatic rings. The summed E-state index contributed by atoms with van der Waals surface area (Å²) in [5, 5.41) is 0. The van der Waals surface area contributed by atoms with E-state index in [9.17, 15) is 0 Å². The molecule has 2 rings (SSSR count). The van der Waals surface area contributed by atoms with E-state index in [1.54, 1.807) is 0 Å². The molecule has 2 atom stereocenters. The summed E-state index contributed by atoms with van der Waals surface area (Å²) in [7, 11) is 0. The maximum atomic E-state index is 4.92. The first kappa shape index (κ1) is 11.6. The molecule has 16 heavy (non-hydrogen) atoms. The van der Waals surface area contributed by atoms with E-state index >= 15 is 0 Å². The van der Waals surface area contributed by atoms with Gasteiger partial charge < -0.3 is 0 Å². The number of nitrogens with zero attached hydrogens (tertiary/aromatic N) is 1. The van der Waals surface area contributed by atoms with Crippen LogP contribution in [0.1, 0.15) is 51.9 Å². The zero-order valence-corrected chi connectivity index (χ0v) is 10.4. The number of rotatable bonds is 4. The van der Waals surface area contributed by atoms with Crippen LogP contribution in [0.25, 0.3) is 0 Å². The Hall–Kier alpha value is -0.850. The van der Waals surface area contributed by atoms with E-state index < -0.39 is 0 Å². The van der Waals surface area contributed by atoms with Crippen LogP contribution in [0, 0.1) is 5.92 Å². The normalized spacial score (nSPS) is 29.2. The Morgan fingerprint density at radius 2 is 2.25 bits per heavy atom. The van der Waals surface area contributed by atoms with Gasteiger partial charge in [-0.1, -0.05) is 37.6 Å². The van der Waals surface area contributed by atoms with Crippen LogP contribution in [-0.2, 0) is 0 Å². The van der Waals surface area contributed by atoms with Crippen LogP contribution < -0.4 is 0 Å². The molecule has 1 heteroatoms. The van der Waals surface area contributed by atoms with Crippen molar-refractivity contribution in [3.63, 3.8) is 0 Å². The summed E-state index contributed by atoms with van der Waals surface area (Å²) >= 11 is 0. The van der Waals surface area contributed by atoms with Gasteiger partial charge in [-0.3, -0.25) is 4.99 Å². The molecular weight excluding hydrogens is 194 g/mol. The summed E-state index contributed by atoms with van der Waals surface area (Å²) in [6.07, 6.45) is 17.9. The SMILES string of the molecule is CCCCC1=NC(C2C=CCC=CC2)CC1. The van der Waals surface area contributed by atoms with Crippen LogP contribution in [0.5, 0.6) is 0 Å². The number of hydrogen-bond acceptors (Lipinski definition) is 1. The van der Waals surface area contributed by atoms with E-state index in [1.165, 1.54) is 44.2 Å². The van der Waals surface area contributed by atoms with Crippen LogP contribution in [0.2, 0.25) is 0 Å².